The SMILES string of the molecule is COc1cccc(C(=O)N2N=C3CC[C@H](C)C[C@H]3[C@]2(O)C(F)(F)F)c1. The number of alkyl halides is 3. The molecule has 1 heterocycles. The van der Waals surface area contributed by atoms with E-state index in [4.69, 9.17) is 4.74 Å². The Labute approximate surface area is 143 Å². The highest BCUT2D eigenvalue weighted by molar-refractivity contribution is 5.99. The number of carbonyl (C=O) groups excluding carboxylic acids is 1. The Morgan fingerprint density at radius 2 is 2.16 bits per heavy atom. The molecule has 0 radical (unpaired) electrons. The van der Waals surface area contributed by atoms with Gasteiger partial charge in [0.1, 0.15) is 5.75 Å². The van der Waals surface area contributed by atoms with E-state index in [1.165, 1.54) is 25.3 Å². The summed E-state index contributed by atoms with van der Waals surface area (Å²) in [6.07, 6.45) is -3.86. The molecule has 1 aliphatic heterocycles. The smallest absolute Gasteiger partial charge is 0.439 e. The number of hydrogen-bond donors (Lipinski definition) is 1. The number of hydrazone groups is 1. The number of ether oxygens (including phenoxy) is 1. The van der Waals surface area contributed by atoms with Gasteiger partial charge in [0, 0.05) is 11.3 Å². The van der Waals surface area contributed by atoms with Crippen LogP contribution in [0.1, 0.15) is 36.5 Å². The quantitative estimate of drug-likeness (QED) is 0.885. The Morgan fingerprint density at radius 3 is 2.80 bits per heavy atom. The first kappa shape index (κ1) is 17.7. The third-order valence-electron chi connectivity index (χ3n) is 4.90. The highest BCUT2D eigenvalue weighted by atomic mass is 19.4. The van der Waals surface area contributed by atoms with Crippen molar-refractivity contribution in [3.8, 4) is 5.75 Å². The number of carbonyl (C=O) groups is 1. The van der Waals surface area contributed by atoms with Gasteiger partial charge >= 0.3 is 6.18 Å². The van der Waals surface area contributed by atoms with Crippen molar-refractivity contribution in [2.24, 2.45) is 16.9 Å². The third kappa shape index (κ3) is 2.78. The van der Waals surface area contributed by atoms with E-state index in [0.29, 0.717) is 18.6 Å². The summed E-state index contributed by atoms with van der Waals surface area (Å²) in [5.41, 5.74) is -3.12. The maximum Gasteiger partial charge on any atom is 0.439 e. The van der Waals surface area contributed by atoms with Gasteiger partial charge in [0.25, 0.3) is 11.6 Å². The van der Waals surface area contributed by atoms with Crippen molar-refractivity contribution in [1.82, 2.24) is 5.01 Å². The number of hydrogen-bond acceptors (Lipinski definition) is 4. The molecule has 0 unspecified atom stereocenters. The average Bonchev–Trinajstić information content (AvgIpc) is 2.88. The van der Waals surface area contributed by atoms with Gasteiger partial charge in [-0.3, -0.25) is 4.79 Å². The number of fused-ring (bicyclic) bond motifs is 1. The van der Waals surface area contributed by atoms with Gasteiger partial charge in [-0.05, 0) is 43.4 Å². The zero-order valence-electron chi connectivity index (χ0n) is 13.9. The van der Waals surface area contributed by atoms with Crippen LogP contribution in [-0.2, 0) is 0 Å². The lowest BCUT2D eigenvalue weighted by atomic mass is 9.76. The summed E-state index contributed by atoms with van der Waals surface area (Å²) in [7, 11) is 1.39. The van der Waals surface area contributed by atoms with Crippen LogP contribution in [0.25, 0.3) is 0 Å². The molecule has 1 N–H and O–H groups in total. The van der Waals surface area contributed by atoms with Crippen LogP contribution in [0.5, 0.6) is 5.75 Å². The molecule has 3 rings (SSSR count). The fourth-order valence-corrected chi connectivity index (χ4v) is 3.49. The normalized spacial score (nSPS) is 29.2. The van der Waals surface area contributed by atoms with Crippen molar-refractivity contribution in [2.75, 3.05) is 7.11 Å². The molecule has 1 fully saturated rings. The molecular formula is C17H19F3N2O3. The molecule has 5 nitrogen and oxygen atoms in total. The second-order valence-corrected chi connectivity index (χ2v) is 6.60. The van der Waals surface area contributed by atoms with E-state index in [0.717, 1.165) is 0 Å². The molecule has 25 heavy (non-hydrogen) atoms. The first-order valence-electron chi connectivity index (χ1n) is 8.03. The summed E-state index contributed by atoms with van der Waals surface area (Å²) < 4.78 is 46.3. The van der Waals surface area contributed by atoms with Crippen molar-refractivity contribution in [2.45, 2.75) is 38.1 Å². The van der Waals surface area contributed by atoms with E-state index in [9.17, 15) is 23.1 Å². The molecule has 1 amide bonds. The summed E-state index contributed by atoms with van der Waals surface area (Å²) in [6, 6.07) is 5.76. The molecule has 3 atom stereocenters. The standard InChI is InChI=1S/C17H19F3N2O3/c1-10-6-7-14-13(8-10)16(24,17(18,19)20)22(21-14)15(23)11-4-3-5-12(9-11)25-2/h3-5,9-10,13,24H,6-8H2,1-2H3/t10-,13+,16-/m0/s1. The molecular weight excluding hydrogens is 337 g/mol. The Morgan fingerprint density at radius 1 is 1.44 bits per heavy atom. The molecule has 0 spiro atoms. The van der Waals surface area contributed by atoms with Crippen LogP contribution in [0.2, 0.25) is 0 Å². The first-order valence-corrected chi connectivity index (χ1v) is 8.03. The van der Waals surface area contributed by atoms with Gasteiger partial charge in [0.2, 0.25) is 0 Å². The summed E-state index contributed by atoms with van der Waals surface area (Å²) >= 11 is 0. The van der Waals surface area contributed by atoms with Crippen LogP contribution < -0.4 is 4.74 Å². The molecule has 0 aromatic heterocycles. The van der Waals surface area contributed by atoms with Crippen LogP contribution >= 0.6 is 0 Å². The van der Waals surface area contributed by atoms with Gasteiger partial charge in [-0.15, -0.1) is 0 Å². The maximum atomic E-state index is 13.8. The van der Waals surface area contributed by atoms with E-state index in [2.05, 4.69) is 5.10 Å². The molecule has 2 aliphatic rings. The minimum atomic E-state index is -5.02. The third-order valence-corrected chi connectivity index (χ3v) is 4.90. The van der Waals surface area contributed by atoms with Gasteiger partial charge in [0.05, 0.1) is 13.0 Å². The van der Waals surface area contributed by atoms with E-state index in [-0.39, 0.29) is 28.6 Å². The van der Waals surface area contributed by atoms with Crippen molar-refractivity contribution >= 4 is 11.6 Å². The Bertz CT molecular complexity index is 719. The first-order chi connectivity index (χ1) is 11.7. The lowest BCUT2D eigenvalue weighted by molar-refractivity contribution is -0.313. The van der Waals surface area contributed by atoms with Gasteiger partial charge in [0.15, 0.2) is 0 Å². The predicted molar refractivity (Wildman–Crippen MR) is 84.1 cm³/mol. The molecule has 1 aliphatic carbocycles. The number of benzene rings is 1. The van der Waals surface area contributed by atoms with E-state index in [1.807, 2.05) is 6.92 Å². The lowest BCUT2D eigenvalue weighted by Crippen LogP contribution is -2.61. The molecule has 0 saturated heterocycles. The molecule has 1 aromatic carbocycles. The van der Waals surface area contributed by atoms with Crippen molar-refractivity contribution in [3.05, 3.63) is 29.8 Å². The second kappa shape index (κ2) is 6.01. The summed E-state index contributed by atoms with van der Waals surface area (Å²) in [5, 5.41) is 14.7. The largest absolute Gasteiger partial charge is 0.497 e. The summed E-state index contributed by atoms with van der Waals surface area (Å²) in [5.74, 6) is -1.89. The Hall–Kier alpha value is -2.09. The average molecular weight is 356 g/mol. The minimum Gasteiger partial charge on any atom is -0.497 e. The van der Waals surface area contributed by atoms with Gasteiger partial charge in [-0.25, -0.2) is 0 Å². The van der Waals surface area contributed by atoms with Gasteiger partial charge < -0.3 is 9.84 Å². The van der Waals surface area contributed by atoms with E-state index >= 15 is 0 Å². The fourth-order valence-electron chi connectivity index (χ4n) is 3.49. The van der Waals surface area contributed by atoms with Crippen molar-refractivity contribution in [1.29, 1.82) is 0 Å². The van der Waals surface area contributed by atoms with Crippen LogP contribution in [-0.4, -0.2) is 40.7 Å². The molecule has 0 bridgehead atoms. The lowest BCUT2D eigenvalue weighted by Gasteiger charge is -2.39. The zero-order chi connectivity index (χ0) is 18.4. The van der Waals surface area contributed by atoms with Crippen LogP contribution in [0.4, 0.5) is 13.2 Å². The summed E-state index contributed by atoms with van der Waals surface area (Å²) in [4.78, 5) is 12.7. The van der Waals surface area contributed by atoms with Gasteiger partial charge in [-0.2, -0.15) is 23.3 Å². The number of aliphatic hydroxyl groups is 1. The molecule has 136 valence electrons. The van der Waals surface area contributed by atoms with Crippen molar-refractivity contribution < 1.29 is 27.8 Å². The molecule has 8 heteroatoms. The topological polar surface area (TPSA) is 62.1 Å². The predicted octanol–water partition coefficient (Wildman–Crippen LogP) is 3.19. The highest BCUT2D eigenvalue weighted by Crippen LogP contribution is 2.49. The van der Waals surface area contributed by atoms with Crippen LogP contribution in [0.3, 0.4) is 0 Å². The zero-order valence-corrected chi connectivity index (χ0v) is 13.9. The fraction of sp³-hybridized carbons (Fsp3) is 0.529. The Balaban J connectivity index is 2.03. The van der Waals surface area contributed by atoms with Crippen molar-refractivity contribution in [3.63, 3.8) is 0 Å². The number of rotatable bonds is 2. The van der Waals surface area contributed by atoms with Gasteiger partial charge in [-0.1, -0.05) is 13.0 Å². The maximum absolute atomic E-state index is 13.8. The van der Waals surface area contributed by atoms with E-state index < -0.39 is 23.7 Å². The van der Waals surface area contributed by atoms with Crippen LogP contribution in [0.15, 0.2) is 29.4 Å². The second-order valence-electron chi connectivity index (χ2n) is 6.60. The number of halogens is 3. The number of methoxy groups -OCH3 is 1. The minimum absolute atomic E-state index is 0.0182. The highest BCUT2D eigenvalue weighted by Gasteiger charge is 2.68. The number of amides is 1. The monoisotopic (exact) mass is 356 g/mol. The Kier molecular flexibility index (Phi) is 4.26. The number of nitrogens with zero attached hydrogens (tertiary/aromatic N) is 2. The molecule has 1 aromatic rings. The summed E-state index contributed by atoms with van der Waals surface area (Å²) in [6.45, 7) is 1.83. The van der Waals surface area contributed by atoms with E-state index in [1.54, 1.807) is 6.07 Å². The molecule has 1 saturated carbocycles. The van der Waals surface area contributed by atoms with Crippen LogP contribution in [0, 0.1) is 11.8 Å².